The van der Waals surface area contributed by atoms with Crippen LogP contribution in [0.1, 0.15) is 35.7 Å². The Morgan fingerprint density at radius 2 is 2.16 bits per heavy atom. The molecule has 1 aliphatic heterocycles. The van der Waals surface area contributed by atoms with Crippen molar-refractivity contribution in [1.29, 1.82) is 0 Å². The number of aliphatic hydroxyl groups is 1. The van der Waals surface area contributed by atoms with Gasteiger partial charge in [-0.05, 0) is 44.2 Å². The summed E-state index contributed by atoms with van der Waals surface area (Å²) in [5.41, 5.74) is 1.06. The van der Waals surface area contributed by atoms with Gasteiger partial charge in [0, 0.05) is 19.2 Å². The molecule has 4 nitrogen and oxygen atoms in total. The molecule has 1 fully saturated rings. The molecule has 0 radical (unpaired) electrons. The molecule has 0 bridgehead atoms. The predicted molar refractivity (Wildman–Crippen MR) is 73.2 cm³/mol. The minimum atomic E-state index is -0.146. The highest BCUT2D eigenvalue weighted by atomic mass is 16.3. The molecule has 0 saturated carbocycles. The number of carbonyl (C=O) groups is 1. The minimum Gasteiger partial charge on any atom is -0.507 e. The Balaban J connectivity index is 2.24. The van der Waals surface area contributed by atoms with Crippen LogP contribution in [0.25, 0.3) is 0 Å². The zero-order valence-electron chi connectivity index (χ0n) is 11.5. The van der Waals surface area contributed by atoms with Crippen molar-refractivity contribution in [2.75, 3.05) is 13.2 Å². The van der Waals surface area contributed by atoms with Crippen LogP contribution < -0.4 is 0 Å². The summed E-state index contributed by atoms with van der Waals surface area (Å²) in [5.74, 6) is 0.0600. The summed E-state index contributed by atoms with van der Waals surface area (Å²) in [6.07, 6.45) is 1.84. The zero-order valence-corrected chi connectivity index (χ0v) is 11.5. The number of hydrogen-bond acceptors (Lipinski definition) is 3. The Hall–Kier alpha value is -1.55. The van der Waals surface area contributed by atoms with Crippen LogP contribution in [-0.2, 0) is 0 Å². The lowest BCUT2D eigenvalue weighted by atomic mass is 9.93. The van der Waals surface area contributed by atoms with Crippen LogP contribution in [0.3, 0.4) is 0 Å². The highest BCUT2D eigenvalue weighted by molar-refractivity contribution is 5.97. The summed E-state index contributed by atoms with van der Waals surface area (Å²) in [5, 5.41) is 19.3. The van der Waals surface area contributed by atoms with Gasteiger partial charge < -0.3 is 15.1 Å². The standard InChI is InChI=1S/C15H21NO3/c1-10-4-3-5-13(14(10)18)15(19)16-8-12(9-17)7-6-11(16)2/h3-5,11-12,17-18H,6-9H2,1-2H3. The van der Waals surface area contributed by atoms with Crippen molar-refractivity contribution in [2.45, 2.75) is 32.7 Å². The van der Waals surface area contributed by atoms with E-state index in [1.807, 2.05) is 6.92 Å². The van der Waals surface area contributed by atoms with E-state index in [2.05, 4.69) is 0 Å². The highest BCUT2D eigenvalue weighted by Gasteiger charge is 2.30. The molecule has 1 aromatic carbocycles. The van der Waals surface area contributed by atoms with Crippen molar-refractivity contribution >= 4 is 5.91 Å². The lowest BCUT2D eigenvalue weighted by Gasteiger charge is -2.37. The van der Waals surface area contributed by atoms with Gasteiger partial charge in [-0.25, -0.2) is 0 Å². The number of aromatic hydroxyl groups is 1. The Bertz CT molecular complexity index is 472. The number of likely N-dealkylation sites (tertiary alicyclic amines) is 1. The monoisotopic (exact) mass is 263 g/mol. The van der Waals surface area contributed by atoms with E-state index in [0.717, 1.165) is 12.8 Å². The second-order valence-electron chi connectivity index (χ2n) is 5.40. The number of para-hydroxylation sites is 1. The smallest absolute Gasteiger partial charge is 0.257 e. The molecular formula is C15H21NO3. The van der Waals surface area contributed by atoms with Crippen LogP contribution in [0.4, 0.5) is 0 Å². The first kappa shape index (κ1) is 13.9. The Kier molecular flexibility index (Phi) is 4.10. The van der Waals surface area contributed by atoms with Gasteiger partial charge in [-0.1, -0.05) is 12.1 Å². The molecule has 2 rings (SSSR count). The molecule has 2 N–H and O–H groups in total. The number of rotatable bonds is 2. The zero-order chi connectivity index (χ0) is 14.0. The van der Waals surface area contributed by atoms with E-state index in [1.54, 1.807) is 30.0 Å². The van der Waals surface area contributed by atoms with Gasteiger partial charge in [0.25, 0.3) is 5.91 Å². The molecule has 19 heavy (non-hydrogen) atoms. The van der Waals surface area contributed by atoms with E-state index >= 15 is 0 Å². The summed E-state index contributed by atoms with van der Waals surface area (Å²) >= 11 is 0. The maximum absolute atomic E-state index is 12.5. The van der Waals surface area contributed by atoms with Gasteiger partial charge in [0.1, 0.15) is 5.75 Å². The quantitative estimate of drug-likeness (QED) is 0.857. The normalized spacial score (nSPS) is 23.4. The first-order chi connectivity index (χ1) is 9.04. The number of nitrogens with zero attached hydrogens (tertiary/aromatic N) is 1. The van der Waals surface area contributed by atoms with Gasteiger partial charge in [0.05, 0.1) is 5.56 Å². The molecule has 0 aromatic heterocycles. The van der Waals surface area contributed by atoms with Gasteiger partial charge in [-0.15, -0.1) is 0 Å². The van der Waals surface area contributed by atoms with E-state index in [9.17, 15) is 15.0 Å². The van der Waals surface area contributed by atoms with Crippen molar-refractivity contribution in [3.8, 4) is 5.75 Å². The Morgan fingerprint density at radius 1 is 1.42 bits per heavy atom. The summed E-state index contributed by atoms with van der Waals surface area (Å²) in [7, 11) is 0. The second kappa shape index (κ2) is 5.61. The number of aryl methyl sites for hydroxylation is 1. The van der Waals surface area contributed by atoms with E-state index in [1.165, 1.54) is 0 Å². The van der Waals surface area contributed by atoms with Crippen molar-refractivity contribution in [3.63, 3.8) is 0 Å². The minimum absolute atomic E-state index is 0.0609. The topological polar surface area (TPSA) is 60.8 Å². The summed E-state index contributed by atoms with van der Waals surface area (Å²) in [6.45, 7) is 4.46. The van der Waals surface area contributed by atoms with Crippen LogP contribution in [-0.4, -0.2) is 40.2 Å². The van der Waals surface area contributed by atoms with Crippen LogP contribution in [0.2, 0.25) is 0 Å². The van der Waals surface area contributed by atoms with E-state index in [4.69, 9.17) is 0 Å². The number of phenols is 1. The van der Waals surface area contributed by atoms with Crippen molar-refractivity contribution < 1.29 is 15.0 Å². The summed E-state index contributed by atoms with van der Waals surface area (Å²) < 4.78 is 0. The molecule has 2 atom stereocenters. The molecule has 0 aliphatic carbocycles. The van der Waals surface area contributed by atoms with Gasteiger partial charge in [-0.2, -0.15) is 0 Å². The molecule has 1 amide bonds. The third kappa shape index (κ3) is 2.73. The van der Waals surface area contributed by atoms with Crippen LogP contribution in [0.15, 0.2) is 18.2 Å². The fourth-order valence-electron chi connectivity index (χ4n) is 2.60. The van der Waals surface area contributed by atoms with E-state index in [0.29, 0.717) is 17.7 Å². The first-order valence-electron chi connectivity index (χ1n) is 6.75. The number of carbonyl (C=O) groups excluding carboxylic acids is 1. The number of piperidine rings is 1. The molecule has 104 valence electrons. The largest absolute Gasteiger partial charge is 0.507 e. The molecule has 1 aliphatic rings. The number of aliphatic hydroxyl groups excluding tert-OH is 1. The van der Waals surface area contributed by atoms with Crippen LogP contribution >= 0.6 is 0 Å². The van der Waals surface area contributed by atoms with Crippen LogP contribution in [0, 0.1) is 12.8 Å². The molecule has 1 heterocycles. The lowest BCUT2D eigenvalue weighted by molar-refractivity contribution is 0.0486. The highest BCUT2D eigenvalue weighted by Crippen LogP contribution is 2.27. The molecule has 4 heteroatoms. The first-order valence-corrected chi connectivity index (χ1v) is 6.75. The molecule has 2 unspecified atom stereocenters. The average molecular weight is 263 g/mol. The fourth-order valence-corrected chi connectivity index (χ4v) is 2.60. The van der Waals surface area contributed by atoms with Crippen molar-refractivity contribution in [3.05, 3.63) is 29.3 Å². The number of amides is 1. The number of benzene rings is 1. The predicted octanol–water partition coefficient (Wildman–Crippen LogP) is 1.93. The van der Waals surface area contributed by atoms with Crippen molar-refractivity contribution in [1.82, 2.24) is 4.90 Å². The molecule has 1 saturated heterocycles. The Morgan fingerprint density at radius 3 is 2.84 bits per heavy atom. The average Bonchev–Trinajstić information content (AvgIpc) is 2.42. The van der Waals surface area contributed by atoms with Gasteiger partial charge in [0.2, 0.25) is 0 Å². The number of phenolic OH excluding ortho intramolecular Hbond substituents is 1. The van der Waals surface area contributed by atoms with Crippen LogP contribution in [0.5, 0.6) is 5.75 Å². The third-order valence-corrected chi connectivity index (χ3v) is 3.97. The van der Waals surface area contributed by atoms with E-state index < -0.39 is 0 Å². The molecule has 0 spiro atoms. The lowest BCUT2D eigenvalue weighted by Crippen LogP contribution is -2.46. The Labute approximate surface area is 113 Å². The SMILES string of the molecule is Cc1cccc(C(=O)N2CC(CO)CCC2C)c1O. The van der Waals surface area contributed by atoms with Gasteiger partial charge in [0.15, 0.2) is 0 Å². The molecular weight excluding hydrogens is 242 g/mol. The van der Waals surface area contributed by atoms with E-state index in [-0.39, 0.29) is 30.2 Å². The fraction of sp³-hybridized carbons (Fsp3) is 0.533. The van der Waals surface area contributed by atoms with Gasteiger partial charge >= 0.3 is 0 Å². The molecule has 1 aromatic rings. The second-order valence-corrected chi connectivity index (χ2v) is 5.40. The third-order valence-electron chi connectivity index (χ3n) is 3.97. The maximum atomic E-state index is 12.5. The maximum Gasteiger partial charge on any atom is 0.257 e. The van der Waals surface area contributed by atoms with Crippen molar-refractivity contribution in [2.24, 2.45) is 5.92 Å². The van der Waals surface area contributed by atoms with Gasteiger partial charge in [-0.3, -0.25) is 4.79 Å². The summed E-state index contributed by atoms with van der Waals surface area (Å²) in [4.78, 5) is 14.3. The number of hydrogen-bond donors (Lipinski definition) is 2. The summed E-state index contributed by atoms with van der Waals surface area (Å²) in [6, 6.07) is 5.36.